The molecule has 0 aliphatic carbocycles. The summed E-state index contributed by atoms with van der Waals surface area (Å²) in [4.78, 5) is 34.0. The average molecular weight is 337 g/mol. The highest BCUT2D eigenvalue weighted by Crippen LogP contribution is 2.22. The molecule has 8 heteroatoms. The molecule has 1 N–H and O–H groups in total. The van der Waals surface area contributed by atoms with E-state index in [9.17, 15) is 19.7 Å². The molecule has 0 radical (unpaired) electrons. The fraction of sp³-hybridized carbons (Fsp3) is 0.200. The van der Waals surface area contributed by atoms with E-state index in [1.165, 1.54) is 18.4 Å². The third kappa shape index (κ3) is 4.17. The number of nitro groups is 1. The Labute approximate surface area is 136 Å². The van der Waals surface area contributed by atoms with Crippen molar-refractivity contribution in [2.45, 2.75) is 19.4 Å². The molecular formula is C15H13ClN2O5. The van der Waals surface area contributed by atoms with Crippen molar-refractivity contribution >= 4 is 29.0 Å². The minimum Gasteiger partial charge on any atom is -0.461 e. The number of amides is 1. The molecule has 0 bridgehead atoms. The lowest BCUT2D eigenvalue weighted by molar-refractivity contribution is -0.384. The first-order valence-electron chi connectivity index (χ1n) is 6.70. The van der Waals surface area contributed by atoms with Gasteiger partial charge in [-0.1, -0.05) is 11.6 Å². The summed E-state index contributed by atoms with van der Waals surface area (Å²) in [6.07, 6.45) is 1.46. The number of Topliss-reactive ketones (excluding diaryl/α,β-unsaturated/α-hetero) is 1. The molecule has 1 atom stereocenters. The Balaban J connectivity index is 2.01. The second-order valence-corrected chi connectivity index (χ2v) is 5.31. The predicted octanol–water partition coefficient (Wildman–Crippen LogP) is 3.23. The summed E-state index contributed by atoms with van der Waals surface area (Å²) >= 11 is 5.89. The van der Waals surface area contributed by atoms with Gasteiger partial charge >= 0.3 is 0 Å². The van der Waals surface area contributed by atoms with Crippen LogP contribution in [-0.2, 0) is 0 Å². The number of nitro benzene ring substituents is 1. The van der Waals surface area contributed by atoms with E-state index in [-0.39, 0.29) is 34.2 Å². The maximum absolute atomic E-state index is 12.1. The van der Waals surface area contributed by atoms with Gasteiger partial charge in [-0.15, -0.1) is 0 Å². The number of rotatable bonds is 6. The highest BCUT2D eigenvalue weighted by atomic mass is 35.5. The molecule has 0 aliphatic heterocycles. The van der Waals surface area contributed by atoms with Crippen molar-refractivity contribution in [1.29, 1.82) is 0 Å². The molecule has 0 aliphatic rings. The molecule has 23 heavy (non-hydrogen) atoms. The first kappa shape index (κ1) is 16.7. The lowest BCUT2D eigenvalue weighted by Crippen LogP contribution is -2.34. The van der Waals surface area contributed by atoms with Crippen LogP contribution in [0.4, 0.5) is 5.69 Å². The summed E-state index contributed by atoms with van der Waals surface area (Å²) < 4.78 is 4.99. The number of ketones is 1. The van der Waals surface area contributed by atoms with Gasteiger partial charge < -0.3 is 9.73 Å². The molecule has 7 nitrogen and oxygen atoms in total. The quantitative estimate of drug-likeness (QED) is 0.495. The van der Waals surface area contributed by atoms with E-state index in [2.05, 4.69) is 5.32 Å². The van der Waals surface area contributed by atoms with E-state index in [0.717, 1.165) is 6.07 Å². The van der Waals surface area contributed by atoms with Crippen LogP contribution in [0, 0.1) is 10.1 Å². The third-order valence-corrected chi connectivity index (χ3v) is 3.39. The van der Waals surface area contributed by atoms with Crippen LogP contribution in [0.25, 0.3) is 0 Å². The Hall–Kier alpha value is -2.67. The molecule has 0 saturated carbocycles. The average Bonchev–Trinajstić information content (AvgIpc) is 3.00. The zero-order valence-corrected chi connectivity index (χ0v) is 12.9. The topological polar surface area (TPSA) is 102 Å². The SMILES string of the molecule is C[C@H](CC(=O)c1ccco1)NC(=O)c1ccc([N+](=O)[O-])cc1Cl. The van der Waals surface area contributed by atoms with Gasteiger partial charge in [0.25, 0.3) is 11.6 Å². The van der Waals surface area contributed by atoms with Crippen LogP contribution in [0.2, 0.25) is 5.02 Å². The van der Waals surface area contributed by atoms with Gasteiger partial charge in [0.1, 0.15) is 0 Å². The van der Waals surface area contributed by atoms with Crippen LogP contribution in [0.1, 0.15) is 34.3 Å². The molecule has 0 saturated heterocycles. The number of hydrogen-bond donors (Lipinski definition) is 1. The standard InChI is InChI=1S/C15H13ClN2O5/c1-9(7-13(19)14-3-2-6-23-14)17-15(20)11-5-4-10(18(21)22)8-12(11)16/h2-6,8-9H,7H2,1H3,(H,17,20)/t9-/m1/s1. The fourth-order valence-electron chi connectivity index (χ4n) is 1.97. The molecular weight excluding hydrogens is 324 g/mol. The van der Waals surface area contributed by atoms with Crippen LogP contribution < -0.4 is 5.32 Å². The van der Waals surface area contributed by atoms with E-state index >= 15 is 0 Å². The second-order valence-electron chi connectivity index (χ2n) is 4.90. The molecule has 1 heterocycles. The summed E-state index contributed by atoms with van der Waals surface area (Å²) in [5, 5.41) is 13.2. The van der Waals surface area contributed by atoms with Crippen molar-refractivity contribution in [3.8, 4) is 0 Å². The van der Waals surface area contributed by atoms with Crippen molar-refractivity contribution in [3.63, 3.8) is 0 Å². The lowest BCUT2D eigenvalue weighted by Gasteiger charge is -2.13. The highest BCUT2D eigenvalue weighted by Gasteiger charge is 2.19. The van der Waals surface area contributed by atoms with Crippen LogP contribution >= 0.6 is 11.6 Å². The fourth-order valence-corrected chi connectivity index (χ4v) is 2.23. The number of non-ortho nitro benzene ring substituents is 1. The summed E-state index contributed by atoms with van der Waals surface area (Å²) in [6.45, 7) is 1.66. The van der Waals surface area contributed by atoms with E-state index in [1.54, 1.807) is 19.1 Å². The molecule has 0 unspecified atom stereocenters. The third-order valence-electron chi connectivity index (χ3n) is 3.07. The number of carbonyl (C=O) groups excluding carboxylic acids is 2. The Kier molecular flexibility index (Phi) is 5.13. The summed E-state index contributed by atoms with van der Waals surface area (Å²) in [5.41, 5.74) is -0.0952. The minimum atomic E-state index is -0.599. The van der Waals surface area contributed by atoms with Crippen molar-refractivity contribution in [2.24, 2.45) is 0 Å². The second kappa shape index (κ2) is 7.06. The molecule has 2 rings (SSSR count). The molecule has 1 aromatic carbocycles. The summed E-state index contributed by atoms with van der Waals surface area (Å²) in [5.74, 6) is -0.526. The minimum absolute atomic E-state index is 0.0266. The van der Waals surface area contributed by atoms with E-state index < -0.39 is 16.9 Å². The number of nitrogens with one attached hydrogen (secondary N) is 1. The van der Waals surface area contributed by atoms with E-state index in [0.29, 0.717) is 0 Å². The maximum atomic E-state index is 12.1. The Bertz CT molecular complexity index is 742. The number of carbonyl (C=O) groups is 2. The van der Waals surface area contributed by atoms with Crippen LogP contribution in [-0.4, -0.2) is 22.7 Å². The van der Waals surface area contributed by atoms with Crippen molar-refractivity contribution < 1.29 is 18.9 Å². The molecule has 0 spiro atoms. The van der Waals surface area contributed by atoms with Crippen molar-refractivity contribution in [3.05, 3.63) is 63.1 Å². The van der Waals surface area contributed by atoms with Crippen LogP contribution in [0.15, 0.2) is 41.0 Å². The smallest absolute Gasteiger partial charge is 0.270 e. The van der Waals surface area contributed by atoms with Crippen molar-refractivity contribution in [2.75, 3.05) is 0 Å². The Morgan fingerprint density at radius 2 is 2.13 bits per heavy atom. The Morgan fingerprint density at radius 1 is 1.39 bits per heavy atom. The molecule has 2 aromatic rings. The largest absolute Gasteiger partial charge is 0.461 e. The molecule has 120 valence electrons. The molecule has 0 fully saturated rings. The monoisotopic (exact) mass is 336 g/mol. The van der Waals surface area contributed by atoms with Gasteiger partial charge in [0.15, 0.2) is 11.5 Å². The molecule has 1 amide bonds. The van der Waals surface area contributed by atoms with Gasteiger partial charge in [-0.25, -0.2) is 0 Å². The van der Waals surface area contributed by atoms with Crippen molar-refractivity contribution in [1.82, 2.24) is 5.32 Å². The first-order valence-corrected chi connectivity index (χ1v) is 7.07. The highest BCUT2D eigenvalue weighted by molar-refractivity contribution is 6.34. The predicted molar refractivity (Wildman–Crippen MR) is 82.7 cm³/mol. The zero-order valence-electron chi connectivity index (χ0n) is 12.1. The number of furan rings is 1. The maximum Gasteiger partial charge on any atom is 0.270 e. The van der Waals surface area contributed by atoms with Gasteiger partial charge in [0, 0.05) is 24.6 Å². The van der Waals surface area contributed by atoms with Gasteiger partial charge in [-0.2, -0.15) is 0 Å². The Morgan fingerprint density at radius 3 is 2.70 bits per heavy atom. The number of hydrogen-bond acceptors (Lipinski definition) is 5. The van der Waals surface area contributed by atoms with Gasteiger partial charge in [0.05, 0.1) is 21.8 Å². The molecule has 1 aromatic heterocycles. The van der Waals surface area contributed by atoms with E-state index in [1.807, 2.05) is 0 Å². The normalized spacial score (nSPS) is 11.7. The van der Waals surface area contributed by atoms with Gasteiger partial charge in [-0.3, -0.25) is 19.7 Å². The van der Waals surface area contributed by atoms with E-state index in [4.69, 9.17) is 16.0 Å². The van der Waals surface area contributed by atoms with Gasteiger partial charge in [0.2, 0.25) is 0 Å². The number of benzene rings is 1. The first-order chi connectivity index (χ1) is 10.9. The lowest BCUT2D eigenvalue weighted by atomic mass is 10.1. The zero-order chi connectivity index (χ0) is 17.0. The number of nitrogens with zero attached hydrogens (tertiary/aromatic N) is 1. The summed E-state index contributed by atoms with van der Waals surface area (Å²) in [7, 11) is 0. The van der Waals surface area contributed by atoms with Crippen LogP contribution in [0.3, 0.4) is 0 Å². The number of halogens is 1. The van der Waals surface area contributed by atoms with Gasteiger partial charge in [-0.05, 0) is 25.1 Å². The van der Waals surface area contributed by atoms with Crippen LogP contribution in [0.5, 0.6) is 0 Å². The summed E-state index contributed by atoms with van der Waals surface area (Å²) in [6, 6.07) is 6.27.